The highest BCUT2D eigenvalue weighted by Gasteiger charge is 2.52. The van der Waals surface area contributed by atoms with Gasteiger partial charge in [0.15, 0.2) is 0 Å². The van der Waals surface area contributed by atoms with Crippen LogP contribution >= 0.6 is 12.4 Å². The maximum Gasteiger partial charge on any atom is 0.490 e. The van der Waals surface area contributed by atoms with Crippen LogP contribution in [0.2, 0.25) is 0 Å². The van der Waals surface area contributed by atoms with E-state index in [0.29, 0.717) is 6.04 Å². The number of allylic oxidation sites excluding steroid dienone is 1. The lowest BCUT2D eigenvalue weighted by molar-refractivity contribution is 0.00578. The fraction of sp³-hybridized carbons (Fsp3) is 0.846. The van der Waals surface area contributed by atoms with Crippen molar-refractivity contribution in [1.29, 1.82) is 0 Å². The minimum Gasteiger partial charge on any atom is -0.400 e. The van der Waals surface area contributed by atoms with Crippen LogP contribution < -0.4 is 5.32 Å². The summed E-state index contributed by atoms with van der Waals surface area (Å²) >= 11 is 0. The summed E-state index contributed by atoms with van der Waals surface area (Å²) in [5.41, 5.74) is 0.867. The Morgan fingerprint density at radius 3 is 2.17 bits per heavy atom. The van der Waals surface area contributed by atoms with E-state index in [4.69, 9.17) is 9.31 Å². The molecule has 1 fully saturated rings. The van der Waals surface area contributed by atoms with Gasteiger partial charge in [0.25, 0.3) is 0 Å². The predicted molar refractivity (Wildman–Crippen MR) is 78.1 cm³/mol. The van der Waals surface area contributed by atoms with Gasteiger partial charge in [-0.15, -0.1) is 12.4 Å². The molecule has 1 aliphatic heterocycles. The van der Waals surface area contributed by atoms with Crippen molar-refractivity contribution in [2.45, 2.75) is 64.2 Å². The first-order valence-corrected chi connectivity index (χ1v) is 6.57. The minimum absolute atomic E-state index is 0. The zero-order chi connectivity index (χ0) is 12.7. The van der Waals surface area contributed by atoms with Crippen LogP contribution in [0, 0.1) is 0 Å². The third-order valence-corrected chi connectivity index (χ3v) is 4.41. The third-order valence-electron chi connectivity index (χ3n) is 4.41. The van der Waals surface area contributed by atoms with Crippen molar-refractivity contribution in [2.24, 2.45) is 0 Å². The molecule has 0 aromatic carbocycles. The first-order chi connectivity index (χ1) is 7.86. The fourth-order valence-electron chi connectivity index (χ4n) is 2.33. The van der Waals surface area contributed by atoms with Crippen molar-refractivity contribution in [3.05, 3.63) is 11.5 Å². The smallest absolute Gasteiger partial charge is 0.400 e. The Morgan fingerprint density at radius 1 is 1.22 bits per heavy atom. The molecule has 1 N–H and O–H groups in total. The second-order valence-corrected chi connectivity index (χ2v) is 6.13. The van der Waals surface area contributed by atoms with Crippen molar-refractivity contribution in [3.8, 4) is 0 Å². The number of rotatable bonds is 2. The van der Waals surface area contributed by atoms with Gasteiger partial charge in [0.1, 0.15) is 0 Å². The van der Waals surface area contributed by atoms with Crippen LogP contribution in [0.25, 0.3) is 0 Å². The van der Waals surface area contributed by atoms with Crippen molar-refractivity contribution in [1.82, 2.24) is 5.32 Å². The first kappa shape index (κ1) is 16.0. The zero-order valence-corrected chi connectivity index (χ0v) is 12.9. The lowest BCUT2D eigenvalue weighted by Crippen LogP contribution is -2.41. The lowest BCUT2D eigenvalue weighted by atomic mass is 9.72. The second kappa shape index (κ2) is 5.54. The van der Waals surface area contributed by atoms with Gasteiger partial charge >= 0.3 is 7.12 Å². The van der Waals surface area contributed by atoms with E-state index in [1.54, 1.807) is 0 Å². The SMILES string of the molecule is CNC1CC=C(B2OC(C)(C)C(C)(C)O2)CC1.Cl. The van der Waals surface area contributed by atoms with E-state index in [0.717, 1.165) is 12.8 Å². The van der Waals surface area contributed by atoms with Gasteiger partial charge in [-0.05, 0) is 59.5 Å². The molecule has 0 amide bonds. The Morgan fingerprint density at radius 2 is 1.78 bits per heavy atom. The molecule has 1 unspecified atom stereocenters. The normalized spacial score (nSPS) is 29.7. The van der Waals surface area contributed by atoms with Gasteiger partial charge in [0.05, 0.1) is 11.2 Å². The Kier molecular flexibility index (Phi) is 4.93. The molecule has 5 heteroatoms. The first-order valence-electron chi connectivity index (χ1n) is 6.57. The molecule has 1 saturated heterocycles. The van der Waals surface area contributed by atoms with Crippen molar-refractivity contribution >= 4 is 19.5 Å². The third kappa shape index (κ3) is 2.93. The summed E-state index contributed by atoms with van der Waals surface area (Å²) in [6, 6.07) is 0.612. The van der Waals surface area contributed by atoms with Crippen LogP contribution in [-0.2, 0) is 9.31 Å². The highest BCUT2D eigenvalue weighted by molar-refractivity contribution is 6.54. The zero-order valence-electron chi connectivity index (χ0n) is 12.1. The lowest BCUT2D eigenvalue weighted by Gasteiger charge is -2.32. The van der Waals surface area contributed by atoms with Gasteiger partial charge in [-0.3, -0.25) is 0 Å². The highest BCUT2D eigenvalue weighted by Crippen LogP contribution is 2.40. The van der Waals surface area contributed by atoms with E-state index in [1.807, 2.05) is 7.05 Å². The molecule has 0 aromatic heterocycles. The highest BCUT2D eigenvalue weighted by atomic mass is 35.5. The minimum atomic E-state index is -0.224. The quantitative estimate of drug-likeness (QED) is 0.785. The average Bonchev–Trinajstić information content (AvgIpc) is 2.48. The molecule has 1 atom stereocenters. The maximum atomic E-state index is 6.06. The summed E-state index contributed by atoms with van der Waals surface area (Å²) < 4.78 is 12.1. The van der Waals surface area contributed by atoms with E-state index >= 15 is 0 Å². The van der Waals surface area contributed by atoms with Crippen LogP contribution in [0.5, 0.6) is 0 Å². The van der Waals surface area contributed by atoms with Gasteiger partial charge in [-0.1, -0.05) is 6.08 Å². The van der Waals surface area contributed by atoms with Crippen molar-refractivity contribution < 1.29 is 9.31 Å². The standard InChI is InChI=1S/C13H24BNO2.ClH/c1-12(2)13(3,4)17-14(16-12)10-6-8-11(15-5)9-7-10;/h6,11,15H,7-9H2,1-5H3;1H. The Labute approximate surface area is 117 Å². The van der Waals surface area contributed by atoms with Gasteiger partial charge < -0.3 is 14.6 Å². The van der Waals surface area contributed by atoms with Gasteiger partial charge in [-0.25, -0.2) is 0 Å². The van der Waals surface area contributed by atoms with E-state index < -0.39 is 0 Å². The average molecular weight is 274 g/mol. The molecule has 18 heavy (non-hydrogen) atoms. The number of hydrogen-bond acceptors (Lipinski definition) is 3. The second-order valence-electron chi connectivity index (χ2n) is 6.13. The van der Waals surface area contributed by atoms with E-state index in [-0.39, 0.29) is 30.7 Å². The van der Waals surface area contributed by atoms with Crippen LogP contribution in [0.4, 0.5) is 0 Å². The molecule has 1 heterocycles. The number of hydrogen-bond donors (Lipinski definition) is 1. The summed E-state index contributed by atoms with van der Waals surface area (Å²) in [5.74, 6) is 0. The van der Waals surface area contributed by atoms with E-state index in [2.05, 4.69) is 39.1 Å². The van der Waals surface area contributed by atoms with Crippen LogP contribution in [0.1, 0.15) is 47.0 Å². The summed E-state index contributed by atoms with van der Waals surface area (Å²) in [6.45, 7) is 8.42. The summed E-state index contributed by atoms with van der Waals surface area (Å²) in [4.78, 5) is 0. The molecular weight excluding hydrogens is 248 g/mol. The molecular formula is C13H25BClNO2. The van der Waals surface area contributed by atoms with Crippen LogP contribution in [0.15, 0.2) is 11.5 Å². The molecule has 0 aromatic rings. The molecule has 104 valence electrons. The van der Waals surface area contributed by atoms with Gasteiger partial charge in [0.2, 0.25) is 0 Å². The van der Waals surface area contributed by atoms with Crippen molar-refractivity contribution in [2.75, 3.05) is 7.05 Å². The fourth-order valence-corrected chi connectivity index (χ4v) is 2.33. The summed E-state index contributed by atoms with van der Waals surface area (Å²) in [5, 5.41) is 3.32. The molecule has 2 aliphatic rings. The molecule has 0 spiro atoms. The Bertz CT molecular complexity index is 315. The number of halogens is 1. The maximum absolute atomic E-state index is 6.06. The monoisotopic (exact) mass is 273 g/mol. The molecule has 0 bridgehead atoms. The molecule has 2 rings (SSSR count). The van der Waals surface area contributed by atoms with Gasteiger partial charge in [0, 0.05) is 6.04 Å². The Balaban J connectivity index is 0.00000162. The summed E-state index contributed by atoms with van der Waals surface area (Å²) in [7, 11) is 1.89. The topological polar surface area (TPSA) is 30.5 Å². The van der Waals surface area contributed by atoms with Gasteiger partial charge in [-0.2, -0.15) is 0 Å². The largest absolute Gasteiger partial charge is 0.490 e. The molecule has 3 nitrogen and oxygen atoms in total. The van der Waals surface area contributed by atoms with Crippen LogP contribution in [0.3, 0.4) is 0 Å². The number of nitrogens with one attached hydrogen (secondary N) is 1. The molecule has 1 aliphatic carbocycles. The van der Waals surface area contributed by atoms with Crippen molar-refractivity contribution in [3.63, 3.8) is 0 Å². The predicted octanol–water partition coefficient (Wildman–Crippen LogP) is 2.74. The summed E-state index contributed by atoms with van der Waals surface area (Å²) in [6.07, 6.45) is 5.61. The van der Waals surface area contributed by atoms with E-state index in [1.165, 1.54) is 11.9 Å². The molecule has 0 saturated carbocycles. The van der Waals surface area contributed by atoms with Crippen LogP contribution in [-0.4, -0.2) is 31.4 Å². The van der Waals surface area contributed by atoms with E-state index in [9.17, 15) is 0 Å². The molecule has 0 radical (unpaired) electrons. The Hall–Kier alpha value is -0.0251.